The van der Waals surface area contributed by atoms with E-state index in [0.29, 0.717) is 41.2 Å². The second-order valence-corrected chi connectivity index (χ2v) is 9.29. The molecule has 186 valence electrons. The lowest BCUT2D eigenvalue weighted by atomic mass is 9.99. The van der Waals surface area contributed by atoms with E-state index in [4.69, 9.17) is 26.5 Å². The van der Waals surface area contributed by atoms with Gasteiger partial charge in [-0.05, 0) is 44.5 Å². The maximum absolute atomic E-state index is 13.4. The molecular formula is C25H25ClN6O4. The summed E-state index contributed by atoms with van der Waals surface area (Å²) in [5, 5.41) is 20.7. The standard InChI is InChI=1S/C25H25ClN6O4/c1-12-6-17(14(3)29-19-4-5-20(26)30-21(19)25(27)31-34)24-18(7-12)22(33)13(2)23(36-24)15-8-28-32(9-15)16-10-35-11-16/h4-9,14,16,29,34H,10-11H2,1-3H3,(H2,27,31)/t14-/m1/s1. The van der Waals surface area contributed by atoms with E-state index in [2.05, 4.69) is 20.6 Å². The van der Waals surface area contributed by atoms with Crippen LogP contribution in [0.25, 0.3) is 22.3 Å². The van der Waals surface area contributed by atoms with Gasteiger partial charge in [-0.2, -0.15) is 5.10 Å². The van der Waals surface area contributed by atoms with Crippen LogP contribution < -0.4 is 16.5 Å². The maximum Gasteiger partial charge on any atom is 0.196 e. The Morgan fingerprint density at radius 3 is 2.81 bits per heavy atom. The Bertz CT molecular complexity index is 1560. The molecule has 0 bridgehead atoms. The Morgan fingerprint density at radius 1 is 1.33 bits per heavy atom. The number of nitrogens with zero attached hydrogens (tertiary/aromatic N) is 4. The number of hydrogen-bond donors (Lipinski definition) is 3. The number of halogens is 1. The summed E-state index contributed by atoms with van der Waals surface area (Å²) in [4.78, 5) is 17.6. The minimum absolute atomic E-state index is 0.103. The van der Waals surface area contributed by atoms with Crippen molar-refractivity contribution in [1.29, 1.82) is 0 Å². The van der Waals surface area contributed by atoms with E-state index in [9.17, 15) is 10.0 Å². The molecule has 4 N–H and O–H groups in total. The molecule has 0 amide bonds. The first-order valence-electron chi connectivity index (χ1n) is 11.4. The summed E-state index contributed by atoms with van der Waals surface area (Å²) >= 11 is 6.02. The van der Waals surface area contributed by atoms with Crippen molar-refractivity contribution in [3.63, 3.8) is 0 Å². The zero-order valence-corrected chi connectivity index (χ0v) is 20.7. The van der Waals surface area contributed by atoms with Gasteiger partial charge in [0.25, 0.3) is 0 Å². The SMILES string of the molecule is Cc1cc([C@@H](C)Nc2ccc(Cl)nc2/C(N)=N/O)c2oc(-c3cnn(C4COC4)c3)c(C)c(=O)c2c1. The van der Waals surface area contributed by atoms with Crippen molar-refractivity contribution in [3.8, 4) is 11.3 Å². The molecule has 1 aliphatic heterocycles. The van der Waals surface area contributed by atoms with E-state index in [0.717, 1.165) is 16.7 Å². The Labute approximate surface area is 211 Å². The zero-order chi connectivity index (χ0) is 25.6. The van der Waals surface area contributed by atoms with Crippen LogP contribution in [-0.4, -0.2) is 39.0 Å². The van der Waals surface area contributed by atoms with E-state index in [1.807, 2.05) is 36.9 Å². The number of hydrogen-bond acceptors (Lipinski definition) is 8. The normalized spacial score (nSPS) is 15.2. The van der Waals surface area contributed by atoms with Gasteiger partial charge in [-0.15, -0.1) is 0 Å². The molecule has 10 nitrogen and oxygen atoms in total. The van der Waals surface area contributed by atoms with Gasteiger partial charge < -0.3 is 25.4 Å². The van der Waals surface area contributed by atoms with Crippen LogP contribution >= 0.6 is 11.6 Å². The Hall–Kier alpha value is -3.89. The number of ether oxygens (including phenoxy) is 1. The van der Waals surface area contributed by atoms with Gasteiger partial charge in [0, 0.05) is 17.3 Å². The summed E-state index contributed by atoms with van der Waals surface area (Å²) in [6.07, 6.45) is 3.58. The quantitative estimate of drug-likeness (QED) is 0.116. The number of aromatic nitrogens is 3. The number of aryl methyl sites for hydroxylation is 1. The van der Waals surface area contributed by atoms with E-state index >= 15 is 0 Å². The number of pyridine rings is 1. The number of amidine groups is 1. The van der Waals surface area contributed by atoms with Crippen LogP contribution in [0.15, 0.2) is 51.0 Å². The van der Waals surface area contributed by atoms with Gasteiger partial charge in [0.15, 0.2) is 11.3 Å². The van der Waals surface area contributed by atoms with Crippen molar-refractivity contribution in [2.45, 2.75) is 32.9 Å². The third-order valence-electron chi connectivity index (χ3n) is 6.30. The minimum atomic E-state index is -0.339. The van der Waals surface area contributed by atoms with Crippen molar-refractivity contribution < 1.29 is 14.4 Å². The van der Waals surface area contributed by atoms with E-state index in [1.54, 1.807) is 25.3 Å². The highest BCUT2D eigenvalue weighted by Crippen LogP contribution is 2.33. The van der Waals surface area contributed by atoms with Crippen LogP contribution in [0.5, 0.6) is 0 Å². The largest absolute Gasteiger partial charge is 0.455 e. The Morgan fingerprint density at radius 2 is 2.11 bits per heavy atom. The van der Waals surface area contributed by atoms with Gasteiger partial charge in [-0.1, -0.05) is 22.8 Å². The highest BCUT2D eigenvalue weighted by Gasteiger charge is 2.24. The first-order valence-corrected chi connectivity index (χ1v) is 11.8. The van der Waals surface area contributed by atoms with Crippen LogP contribution in [0.1, 0.15) is 41.4 Å². The minimum Gasteiger partial charge on any atom is -0.455 e. The third kappa shape index (κ3) is 4.18. The van der Waals surface area contributed by atoms with Crippen LogP contribution in [0.3, 0.4) is 0 Å². The predicted molar refractivity (Wildman–Crippen MR) is 137 cm³/mol. The average Bonchev–Trinajstić information content (AvgIpc) is 3.29. The number of benzene rings is 1. The van der Waals surface area contributed by atoms with Gasteiger partial charge in [0.1, 0.15) is 22.2 Å². The van der Waals surface area contributed by atoms with Crippen molar-refractivity contribution in [1.82, 2.24) is 14.8 Å². The number of fused-ring (bicyclic) bond motifs is 1. The smallest absolute Gasteiger partial charge is 0.196 e. The summed E-state index contributed by atoms with van der Waals surface area (Å²) in [5.74, 6) is 0.293. The van der Waals surface area contributed by atoms with Crippen molar-refractivity contribution >= 4 is 34.1 Å². The second-order valence-electron chi connectivity index (χ2n) is 8.90. The molecule has 1 aliphatic rings. The Kier molecular flexibility index (Phi) is 6.15. The highest BCUT2D eigenvalue weighted by atomic mass is 35.5. The summed E-state index contributed by atoms with van der Waals surface area (Å²) < 4.78 is 13.5. The molecule has 0 unspecified atom stereocenters. The van der Waals surface area contributed by atoms with Crippen LogP contribution in [0.2, 0.25) is 5.15 Å². The highest BCUT2D eigenvalue weighted by molar-refractivity contribution is 6.29. The molecule has 5 rings (SSSR count). The maximum atomic E-state index is 13.4. The number of rotatable bonds is 6. The van der Waals surface area contributed by atoms with E-state index < -0.39 is 0 Å². The monoisotopic (exact) mass is 508 g/mol. The molecule has 1 aromatic carbocycles. The third-order valence-corrected chi connectivity index (χ3v) is 6.51. The van der Waals surface area contributed by atoms with Gasteiger partial charge >= 0.3 is 0 Å². The molecule has 4 heterocycles. The fourth-order valence-corrected chi connectivity index (χ4v) is 4.45. The summed E-state index contributed by atoms with van der Waals surface area (Å²) in [6, 6.07) is 6.94. The fraction of sp³-hybridized carbons (Fsp3) is 0.280. The van der Waals surface area contributed by atoms with E-state index in [1.165, 1.54) is 0 Å². The molecular weight excluding hydrogens is 484 g/mol. The summed E-state index contributed by atoms with van der Waals surface area (Å²) in [5.41, 5.74) is 9.82. The topological polar surface area (TPSA) is 141 Å². The number of anilines is 1. The molecule has 0 spiro atoms. The zero-order valence-electron chi connectivity index (χ0n) is 19.9. The molecule has 1 fully saturated rings. The summed E-state index contributed by atoms with van der Waals surface area (Å²) in [7, 11) is 0. The average molecular weight is 509 g/mol. The Balaban J connectivity index is 1.61. The van der Waals surface area contributed by atoms with Crippen molar-refractivity contribution in [3.05, 3.63) is 74.4 Å². The van der Waals surface area contributed by atoms with Crippen molar-refractivity contribution in [2.24, 2.45) is 10.9 Å². The van der Waals surface area contributed by atoms with Crippen molar-refractivity contribution in [2.75, 3.05) is 18.5 Å². The van der Waals surface area contributed by atoms with E-state index in [-0.39, 0.29) is 34.2 Å². The molecule has 0 aliphatic carbocycles. The van der Waals surface area contributed by atoms with Gasteiger partial charge in [-0.3, -0.25) is 9.48 Å². The van der Waals surface area contributed by atoms with Gasteiger partial charge in [-0.25, -0.2) is 4.98 Å². The number of nitrogens with one attached hydrogen (secondary N) is 1. The molecule has 1 atom stereocenters. The molecule has 4 aromatic rings. The fourth-order valence-electron chi connectivity index (χ4n) is 4.30. The number of oxime groups is 1. The van der Waals surface area contributed by atoms with Gasteiger partial charge in [0.05, 0.1) is 48.1 Å². The first-order chi connectivity index (χ1) is 17.3. The summed E-state index contributed by atoms with van der Waals surface area (Å²) in [6.45, 7) is 6.83. The molecule has 1 saturated heterocycles. The van der Waals surface area contributed by atoms with Gasteiger partial charge in [0.2, 0.25) is 0 Å². The van der Waals surface area contributed by atoms with Crippen LogP contribution in [0, 0.1) is 13.8 Å². The first kappa shape index (κ1) is 23.8. The van der Waals surface area contributed by atoms with Crippen LogP contribution in [-0.2, 0) is 4.74 Å². The molecule has 0 saturated carbocycles. The van der Waals surface area contributed by atoms with Crippen LogP contribution in [0.4, 0.5) is 5.69 Å². The number of nitrogens with two attached hydrogens (primary N) is 1. The molecule has 0 radical (unpaired) electrons. The molecule has 11 heteroatoms. The second kappa shape index (κ2) is 9.29. The molecule has 3 aromatic heterocycles. The lowest BCUT2D eigenvalue weighted by Gasteiger charge is -2.25. The lowest BCUT2D eigenvalue weighted by molar-refractivity contribution is -0.0286. The predicted octanol–water partition coefficient (Wildman–Crippen LogP) is 4.16. The molecule has 36 heavy (non-hydrogen) atoms. The lowest BCUT2D eigenvalue weighted by Crippen LogP contribution is -2.30.